The molecular formula is C9H12N3+. The molecule has 1 aliphatic rings. The standard InChI is InChI=1S/C9H12N3/c1-7(2)8-3-4-10-9-11-5-6-12(8)9/h3-5,7H,6H2,1-2H3/q+1. The Kier molecular flexibility index (Phi) is 1.64. The van der Waals surface area contributed by atoms with Gasteiger partial charge in [0.15, 0.2) is 0 Å². The Morgan fingerprint density at radius 2 is 2.33 bits per heavy atom. The molecule has 0 fully saturated rings. The molecule has 0 saturated heterocycles. The normalized spacial score (nSPS) is 13.9. The number of nitrogens with zero attached hydrogens (tertiary/aromatic N) is 3. The van der Waals surface area contributed by atoms with Gasteiger partial charge in [0.05, 0.1) is 5.69 Å². The molecule has 0 N–H and O–H groups in total. The third kappa shape index (κ3) is 1.02. The minimum Gasteiger partial charge on any atom is -0.223 e. The van der Waals surface area contributed by atoms with Crippen LogP contribution < -0.4 is 4.57 Å². The van der Waals surface area contributed by atoms with Crippen LogP contribution in [-0.2, 0) is 6.54 Å². The van der Waals surface area contributed by atoms with E-state index in [4.69, 9.17) is 0 Å². The van der Waals surface area contributed by atoms with E-state index >= 15 is 0 Å². The predicted molar refractivity (Wildman–Crippen MR) is 46.7 cm³/mol. The second kappa shape index (κ2) is 2.66. The number of rotatable bonds is 1. The molecule has 3 heteroatoms. The van der Waals surface area contributed by atoms with Crippen LogP contribution in [0.3, 0.4) is 0 Å². The summed E-state index contributed by atoms with van der Waals surface area (Å²) in [7, 11) is 0. The summed E-state index contributed by atoms with van der Waals surface area (Å²) in [5.41, 5.74) is 1.30. The van der Waals surface area contributed by atoms with Crippen LogP contribution in [0.25, 0.3) is 0 Å². The van der Waals surface area contributed by atoms with Gasteiger partial charge in [-0.15, -0.1) is 0 Å². The van der Waals surface area contributed by atoms with Gasteiger partial charge in [0, 0.05) is 12.0 Å². The molecule has 1 aromatic rings. The molecule has 0 amide bonds. The van der Waals surface area contributed by atoms with Crippen LogP contribution in [0.5, 0.6) is 0 Å². The fourth-order valence-electron chi connectivity index (χ4n) is 1.45. The zero-order valence-corrected chi connectivity index (χ0v) is 7.36. The number of hydrogen-bond acceptors (Lipinski definition) is 2. The third-order valence-electron chi connectivity index (χ3n) is 2.05. The fraction of sp³-hybridized carbons (Fsp3) is 0.444. The van der Waals surface area contributed by atoms with E-state index in [-0.39, 0.29) is 0 Å². The summed E-state index contributed by atoms with van der Waals surface area (Å²) in [4.78, 5) is 8.34. The Balaban J connectivity index is 2.53. The van der Waals surface area contributed by atoms with Crippen LogP contribution in [0.2, 0.25) is 0 Å². The lowest BCUT2D eigenvalue weighted by atomic mass is 10.1. The van der Waals surface area contributed by atoms with Gasteiger partial charge >= 0.3 is 5.95 Å². The SMILES string of the molecule is CC(C)c1ccnc2[n+]1CC=N2. The molecule has 0 unspecified atom stereocenters. The maximum atomic E-state index is 4.17. The maximum absolute atomic E-state index is 4.17. The van der Waals surface area contributed by atoms with E-state index in [9.17, 15) is 0 Å². The van der Waals surface area contributed by atoms with Crippen LogP contribution >= 0.6 is 0 Å². The summed E-state index contributed by atoms with van der Waals surface area (Å²) in [5, 5.41) is 0. The highest BCUT2D eigenvalue weighted by Gasteiger charge is 2.20. The first-order chi connectivity index (χ1) is 5.79. The van der Waals surface area contributed by atoms with Gasteiger partial charge < -0.3 is 0 Å². The Hall–Kier alpha value is -1.25. The van der Waals surface area contributed by atoms with Crippen molar-refractivity contribution in [2.75, 3.05) is 0 Å². The molecule has 0 bridgehead atoms. The summed E-state index contributed by atoms with van der Waals surface area (Å²) in [6.07, 6.45) is 3.72. The van der Waals surface area contributed by atoms with Crippen molar-refractivity contribution in [2.45, 2.75) is 26.3 Å². The average Bonchev–Trinajstić information content (AvgIpc) is 2.49. The van der Waals surface area contributed by atoms with Crippen molar-refractivity contribution in [3.05, 3.63) is 18.0 Å². The molecule has 2 heterocycles. The van der Waals surface area contributed by atoms with Gasteiger partial charge in [-0.1, -0.05) is 23.8 Å². The van der Waals surface area contributed by atoms with E-state index in [0.717, 1.165) is 12.5 Å². The number of aliphatic imine (C=N–C) groups is 1. The molecule has 2 rings (SSSR count). The highest BCUT2D eigenvalue weighted by Crippen LogP contribution is 2.13. The van der Waals surface area contributed by atoms with Gasteiger partial charge in [-0.05, 0) is 0 Å². The second-order valence-electron chi connectivity index (χ2n) is 3.25. The van der Waals surface area contributed by atoms with Gasteiger partial charge in [0.2, 0.25) is 0 Å². The lowest BCUT2D eigenvalue weighted by molar-refractivity contribution is -0.674. The molecule has 0 atom stereocenters. The molecule has 12 heavy (non-hydrogen) atoms. The molecule has 0 aliphatic carbocycles. The Morgan fingerprint density at radius 3 is 3.08 bits per heavy atom. The van der Waals surface area contributed by atoms with Gasteiger partial charge in [0.1, 0.15) is 19.0 Å². The first kappa shape index (κ1) is 7.40. The minimum absolute atomic E-state index is 0.536. The lowest BCUT2D eigenvalue weighted by Gasteiger charge is -2.06. The molecule has 0 spiro atoms. The molecule has 0 saturated carbocycles. The lowest BCUT2D eigenvalue weighted by Crippen LogP contribution is -2.37. The van der Waals surface area contributed by atoms with Crippen LogP contribution in [0, 0.1) is 0 Å². The van der Waals surface area contributed by atoms with E-state index in [0.29, 0.717) is 5.92 Å². The van der Waals surface area contributed by atoms with Crippen molar-refractivity contribution in [1.29, 1.82) is 0 Å². The first-order valence-electron chi connectivity index (χ1n) is 4.20. The van der Waals surface area contributed by atoms with E-state index in [2.05, 4.69) is 34.5 Å². The molecule has 0 radical (unpaired) electrons. The third-order valence-corrected chi connectivity index (χ3v) is 2.05. The highest BCUT2D eigenvalue weighted by atomic mass is 15.2. The molecule has 1 aliphatic heterocycles. The van der Waals surface area contributed by atoms with E-state index in [1.165, 1.54) is 5.69 Å². The zero-order chi connectivity index (χ0) is 8.55. The summed E-state index contributed by atoms with van der Waals surface area (Å²) >= 11 is 0. The number of hydrogen-bond donors (Lipinski definition) is 0. The predicted octanol–water partition coefficient (Wildman–Crippen LogP) is 1.21. The quantitative estimate of drug-likeness (QED) is 0.571. The van der Waals surface area contributed by atoms with Crippen LogP contribution in [-0.4, -0.2) is 11.2 Å². The molecular weight excluding hydrogens is 150 g/mol. The second-order valence-corrected chi connectivity index (χ2v) is 3.25. The van der Waals surface area contributed by atoms with Crippen molar-refractivity contribution in [1.82, 2.24) is 4.98 Å². The summed E-state index contributed by atoms with van der Waals surface area (Å²) in [5.74, 6) is 1.37. The Labute approximate surface area is 71.8 Å². The van der Waals surface area contributed by atoms with Crippen LogP contribution in [0.4, 0.5) is 5.95 Å². The first-order valence-corrected chi connectivity index (χ1v) is 4.20. The molecule has 0 aromatic carbocycles. The fourth-order valence-corrected chi connectivity index (χ4v) is 1.45. The van der Waals surface area contributed by atoms with Crippen molar-refractivity contribution in [3.8, 4) is 0 Å². The van der Waals surface area contributed by atoms with E-state index in [1.807, 2.05) is 12.4 Å². The van der Waals surface area contributed by atoms with Crippen molar-refractivity contribution >= 4 is 12.2 Å². The summed E-state index contributed by atoms with van der Waals surface area (Å²) in [6.45, 7) is 5.23. The van der Waals surface area contributed by atoms with Gasteiger partial charge in [-0.25, -0.2) is 4.57 Å². The van der Waals surface area contributed by atoms with Gasteiger partial charge in [-0.3, -0.25) is 0 Å². The number of aromatic nitrogens is 2. The van der Waals surface area contributed by atoms with Crippen molar-refractivity contribution in [3.63, 3.8) is 0 Å². The van der Waals surface area contributed by atoms with Gasteiger partial charge in [-0.2, -0.15) is 0 Å². The van der Waals surface area contributed by atoms with Crippen LogP contribution in [0.15, 0.2) is 17.3 Å². The van der Waals surface area contributed by atoms with Crippen molar-refractivity contribution < 1.29 is 4.57 Å². The highest BCUT2D eigenvalue weighted by molar-refractivity contribution is 5.60. The molecule has 3 nitrogen and oxygen atoms in total. The Morgan fingerprint density at radius 1 is 1.50 bits per heavy atom. The van der Waals surface area contributed by atoms with E-state index < -0.39 is 0 Å². The Bertz CT molecular complexity index is 329. The summed E-state index contributed by atoms with van der Waals surface area (Å²) in [6, 6.07) is 2.06. The van der Waals surface area contributed by atoms with Gasteiger partial charge in [0.25, 0.3) is 0 Å². The zero-order valence-electron chi connectivity index (χ0n) is 7.36. The largest absolute Gasteiger partial charge is 0.433 e. The average molecular weight is 162 g/mol. The monoisotopic (exact) mass is 162 g/mol. The number of fused-ring (bicyclic) bond motifs is 1. The maximum Gasteiger partial charge on any atom is 0.433 e. The topological polar surface area (TPSA) is 29.1 Å². The molecule has 1 aromatic heterocycles. The summed E-state index contributed by atoms with van der Waals surface area (Å²) < 4.78 is 2.14. The minimum atomic E-state index is 0.536. The van der Waals surface area contributed by atoms with E-state index in [1.54, 1.807) is 0 Å². The smallest absolute Gasteiger partial charge is 0.223 e. The van der Waals surface area contributed by atoms with Crippen LogP contribution in [0.1, 0.15) is 25.5 Å². The molecule has 62 valence electrons. The van der Waals surface area contributed by atoms with Crippen molar-refractivity contribution in [2.24, 2.45) is 4.99 Å².